The van der Waals surface area contributed by atoms with Crippen LogP contribution in [0, 0.1) is 0 Å². The topological polar surface area (TPSA) is 114 Å². The fourth-order valence-electron chi connectivity index (χ4n) is 1.68. The van der Waals surface area contributed by atoms with Gasteiger partial charge in [0.15, 0.2) is 6.04 Å². The SMILES string of the molecule is CCOC(=O)[C@H]([C@H](C)O)N(NC(=O)OC(C)(C)C)C(=O)OC(C)(C)C. The summed E-state index contributed by atoms with van der Waals surface area (Å²) in [5.74, 6) is -0.889. The molecule has 0 bridgehead atoms. The van der Waals surface area contributed by atoms with Crippen LogP contribution in [0.1, 0.15) is 55.4 Å². The number of esters is 1. The molecule has 0 aromatic rings. The van der Waals surface area contributed by atoms with E-state index in [9.17, 15) is 19.5 Å². The van der Waals surface area contributed by atoms with Crippen LogP contribution in [-0.2, 0) is 19.0 Å². The predicted molar refractivity (Wildman–Crippen MR) is 89.5 cm³/mol. The van der Waals surface area contributed by atoms with Crippen LogP contribution >= 0.6 is 0 Å². The number of carbonyl (C=O) groups excluding carboxylic acids is 3. The summed E-state index contributed by atoms with van der Waals surface area (Å²) < 4.78 is 15.1. The van der Waals surface area contributed by atoms with Crippen molar-refractivity contribution in [3.8, 4) is 0 Å². The Kier molecular flexibility index (Phi) is 8.17. The van der Waals surface area contributed by atoms with Gasteiger partial charge in [-0.2, -0.15) is 5.01 Å². The molecule has 0 rings (SSSR count). The van der Waals surface area contributed by atoms with Crippen LogP contribution in [0.4, 0.5) is 9.59 Å². The number of hydrogen-bond acceptors (Lipinski definition) is 7. The zero-order valence-corrected chi connectivity index (χ0v) is 16.2. The van der Waals surface area contributed by atoms with E-state index in [1.165, 1.54) is 6.92 Å². The van der Waals surface area contributed by atoms with Gasteiger partial charge in [-0.25, -0.2) is 19.8 Å². The molecule has 2 amide bonds. The summed E-state index contributed by atoms with van der Waals surface area (Å²) in [5.41, 5.74) is 0.442. The Morgan fingerprint density at radius 1 is 1.04 bits per heavy atom. The number of aliphatic hydroxyl groups excluding tert-OH is 1. The third kappa shape index (κ3) is 9.13. The lowest BCUT2D eigenvalue weighted by atomic mass is 10.1. The highest BCUT2D eigenvalue weighted by atomic mass is 16.6. The van der Waals surface area contributed by atoms with Crippen molar-refractivity contribution in [2.24, 2.45) is 0 Å². The van der Waals surface area contributed by atoms with Gasteiger partial charge >= 0.3 is 18.2 Å². The lowest BCUT2D eigenvalue weighted by molar-refractivity contribution is -0.155. The first-order valence-corrected chi connectivity index (χ1v) is 8.04. The Morgan fingerprint density at radius 3 is 1.88 bits per heavy atom. The van der Waals surface area contributed by atoms with Crippen molar-refractivity contribution in [2.45, 2.75) is 78.7 Å². The third-order valence-corrected chi connectivity index (χ3v) is 2.46. The second-order valence-electron chi connectivity index (χ2n) is 7.40. The molecule has 0 spiro atoms. The lowest BCUT2D eigenvalue weighted by Gasteiger charge is -2.33. The minimum absolute atomic E-state index is 0.0383. The minimum atomic E-state index is -1.50. The monoisotopic (exact) mass is 362 g/mol. The molecule has 2 N–H and O–H groups in total. The smallest absolute Gasteiger partial charge is 0.430 e. The number of hydrogen-bond donors (Lipinski definition) is 2. The molecule has 0 aliphatic heterocycles. The van der Waals surface area contributed by atoms with Gasteiger partial charge in [0.05, 0.1) is 12.7 Å². The van der Waals surface area contributed by atoms with E-state index in [1.807, 2.05) is 0 Å². The number of carbonyl (C=O) groups is 3. The molecule has 0 fully saturated rings. The molecular formula is C16H30N2O7. The van der Waals surface area contributed by atoms with E-state index in [4.69, 9.17) is 14.2 Å². The highest BCUT2D eigenvalue weighted by Gasteiger charge is 2.39. The average molecular weight is 362 g/mol. The number of aliphatic hydroxyl groups is 1. The van der Waals surface area contributed by atoms with Gasteiger partial charge in [-0.3, -0.25) is 0 Å². The van der Waals surface area contributed by atoms with Gasteiger partial charge in [0, 0.05) is 0 Å². The van der Waals surface area contributed by atoms with Crippen molar-refractivity contribution in [1.82, 2.24) is 10.4 Å². The van der Waals surface area contributed by atoms with Crippen molar-refractivity contribution in [2.75, 3.05) is 6.61 Å². The van der Waals surface area contributed by atoms with Crippen LogP contribution < -0.4 is 5.43 Å². The van der Waals surface area contributed by atoms with Crippen molar-refractivity contribution in [3.05, 3.63) is 0 Å². The molecule has 0 saturated carbocycles. The average Bonchev–Trinajstić information content (AvgIpc) is 2.33. The first-order chi connectivity index (χ1) is 11.2. The lowest BCUT2D eigenvalue weighted by Crippen LogP contribution is -2.60. The van der Waals surface area contributed by atoms with Crippen LogP contribution in [0.15, 0.2) is 0 Å². The van der Waals surface area contributed by atoms with E-state index in [-0.39, 0.29) is 6.61 Å². The van der Waals surface area contributed by atoms with E-state index < -0.39 is 41.5 Å². The summed E-state index contributed by atoms with van der Waals surface area (Å²) in [6, 6.07) is -1.50. The maximum atomic E-state index is 12.4. The zero-order valence-electron chi connectivity index (χ0n) is 16.2. The highest BCUT2D eigenvalue weighted by molar-refractivity contribution is 5.83. The van der Waals surface area contributed by atoms with Crippen LogP contribution in [0.25, 0.3) is 0 Å². The number of amides is 2. The van der Waals surface area contributed by atoms with Gasteiger partial charge in [-0.05, 0) is 55.4 Å². The summed E-state index contributed by atoms with van der Waals surface area (Å²) in [5, 5.41) is 10.5. The molecule has 0 aromatic heterocycles. The quantitative estimate of drug-likeness (QED) is 0.446. The van der Waals surface area contributed by atoms with E-state index >= 15 is 0 Å². The Balaban J connectivity index is 5.58. The minimum Gasteiger partial charge on any atom is -0.464 e. The standard InChI is InChI=1S/C16H30N2O7/c1-9-23-12(20)11(10(2)19)18(14(22)25-16(6,7)8)17-13(21)24-15(3,4)5/h10-11,19H,9H2,1-8H3,(H,17,21)/t10-,11-/m0/s1. The summed E-state index contributed by atoms with van der Waals surface area (Å²) in [4.78, 5) is 36.6. The number of nitrogens with zero attached hydrogens (tertiary/aromatic N) is 1. The maximum absolute atomic E-state index is 12.4. The number of ether oxygens (including phenoxy) is 3. The number of hydrazine groups is 1. The Hall–Kier alpha value is -2.03. The largest absolute Gasteiger partial charge is 0.464 e. The Bertz CT molecular complexity index is 478. The molecule has 0 aliphatic rings. The van der Waals surface area contributed by atoms with Gasteiger partial charge in [0.2, 0.25) is 0 Å². The van der Waals surface area contributed by atoms with Gasteiger partial charge in [0.1, 0.15) is 11.2 Å². The fourth-order valence-corrected chi connectivity index (χ4v) is 1.68. The molecule has 9 heteroatoms. The Morgan fingerprint density at radius 2 is 1.52 bits per heavy atom. The first-order valence-electron chi connectivity index (χ1n) is 8.04. The van der Waals surface area contributed by atoms with Crippen LogP contribution in [0.2, 0.25) is 0 Å². The second-order valence-corrected chi connectivity index (χ2v) is 7.40. The van der Waals surface area contributed by atoms with E-state index in [1.54, 1.807) is 48.5 Å². The normalized spacial score (nSPS) is 14.1. The van der Waals surface area contributed by atoms with E-state index in [0.717, 1.165) is 0 Å². The fraction of sp³-hybridized carbons (Fsp3) is 0.812. The molecule has 0 aliphatic carbocycles. The molecule has 146 valence electrons. The van der Waals surface area contributed by atoms with Crippen LogP contribution in [0.3, 0.4) is 0 Å². The molecule has 0 radical (unpaired) electrons. The number of rotatable bonds is 4. The van der Waals surface area contributed by atoms with E-state index in [0.29, 0.717) is 5.01 Å². The van der Waals surface area contributed by atoms with Crippen molar-refractivity contribution >= 4 is 18.2 Å². The molecule has 0 aromatic carbocycles. The summed E-state index contributed by atoms with van der Waals surface area (Å²) >= 11 is 0. The predicted octanol–water partition coefficient (Wildman–Crippen LogP) is 1.98. The van der Waals surface area contributed by atoms with Gasteiger partial charge < -0.3 is 19.3 Å². The van der Waals surface area contributed by atoms with Crippen LogP contribution in [-0.4, -0.2) is 58.2 Å². The molecular weight excluding hydrogens is 332 g/mol. The summed E-state index contributed by atoms with van der Waals surface area (Å²) in [7, 11) is 0. The summed E-state index contributed by atoms with van der Waals surface area (Å²) in [6.07, 6.45) is -3.34. The van der Waals surface area contributed by atoms with Gasteiger partial charge in [-0.15, -0.1) is 0 Å². The van der Waals surface area contributed by atoms with Crippen molar-refractivity contribution in [1.29, 1.82) is 0 Å². The molecule has 9 nitrogen and oxygen atoms in total. The van der Waals surface area contributed by atoms with Crippen LogP contribution in [0.5, 0.6) is 0 Å². The second kappa shape index (κ2) is 8.89. The number of nitrogens with one attached hydrogen (secondary N) is 1. The van der Waals surface area contributed by atoms with E-state index in [2.05, 4.69) is 5.43 Å². The van der Waals surface area contributed by atoms with Gasteiger partial charge in [-0.1, -0.05) is 0 Å². The molecule has 2 atom stereocenters. The molecule has 0 saturated heterocycles. The summed E-state index contributed by atoms with van der Waals surface area (Å²) in [6.45, 7) is 12.7. The highest BCUT2D eigenvalue weighted by Crippen LogP contribution is 2.15. The molecule has 25 heavy (non-hydrogen) atoms. The first kappa shape index (κ1) is 23.0. The maximum Gasteiger partial charge on any atom is 0.430 e. The Labute approximate surface area is 148 Å². The van der Waals surface area contributed by atoms with Gasteiger partial charge in [0.25, 0.3) is 0 Å². The van der Waals surface area contributed by atoms with Crippen molar-refractivity contribution in [3.63, 3.8) is 0 Å². The van der Waals surface area contributed by atoms with Crippen molar-refractivity contribution < 1.29 is 33.7 Å². The third-order valence-electron chi connectivity index (χ3n) is 2.46. The molecule has 0 unspecified atom stereocenters. The zero-order chi connectivity index (χ0) is 20.0. The molecule has 0 heterocycles.